The maximum atomic E-state index is 13.2. The maximum absolute atomic E-state index is 13.2. The van der Waals surface area contributed by atoms with Crippen LogP contribution in [0.25, 0.3) is 0 Å². The van der Waals surface area contributed by atoms with Gasteiger partial charge in [-0.1, -0.05) is 36.4 Å². The molecule has 0 aliphatic heterocycles. The smallest absolute Gasteiger partial charge is 0.321 e. The topological polar surface area (TPSA) is 72.5 Å². The highest BCUT2D eigenvalue weighted by Gasteiger charge is 2.19. The van der Waals surface area contributed by atoms with Crippen LogP contribution in [0.5, 0.6) is 0 Å². The Bertz CT molecular complexity index is 791. The van der Waals surface area contributed by atoms with Gasteiger partial charge in [0.05, 0.1) is 4.90 Å². The van der Waals surface area contributed by atoms with Crippen molar-refractivity contribution in [1.29, 1.82) is 0 Å². The molecule has 0 aliphatic rings. The number of hydrogen-bond acceptors (Lipinski definition) is 4. The lowest BCUT2D eigenvalue weighted by Gasteiger charge is -2.09. The van der Waals surface area contributed by atoms with Gasteiger partial charge < -0.3 is 4.74 Å². The summed E-state index contributed by atoms with van der Waals surface area (Å²) < 4.78 is 44.5. The summed E-state index contributed by atoms with van der Waals surface area (Å²) in [5.41, 5.74) is 1.18. The lowest BCUT2D eigenvalue weighted by atomic mass is 10.2. The summed E-state index contributed by atoms with van der Waals surface area (Å²) in [6.07, 6.45) is 0. The number of esters is 1. The maximum Gasteiger partial charge on any atom is 0.321 e. The molecule has 0 amide bonds. The van der Waals surface area contributed by atoms with E-state index in [4.69, 9.17) is 4.74 Å². The highest BCUT2D eigenvalue weighted by molar-refractivity contribution is 7.89. The first kappa shape index (κ1) is 17.1. The molecule has 0 spiro atoms. The quantitative estimate of drug-likeness (QED) is 0.820. The number of benzene rings is 2. The number of sulfonamides is 1. The lowest BCUT2D eigenvalue weighted by molar-refractivity contribution is -0.143. The Morgan fingerprint density at radius 1 is 1.17 bits per heavy atom. The van der Waals surface area contributed by atoms with Crippen LogP contribution in [0.1, 0.15) is 11.1 Å². The van der Waals surface area contributed by atoms with Gasteiger partial charge in [0.15, 0.2) is 0 Å². The zero-order valence-corrected chi connectivity index (χ0v) is 13.3. The van der Waals surface area contributed by atoms with Gasteiger partial charge in [0, 0.05) is 0 Å². The molecule has 0 unspecified atom stereocenters. The molecular weight excluding hydrogens is 321 g/mol. The number of carbonyl (C=O) groups is 1. The SMILES string of the molecule is Cc1ccc(F)cc1S(=O)(=O)NCC(=O)OCc1ccccc1. The lowest BCUT2D eigenvalue weighted by Crippen LogP contribution is -2.31. The van der Waals surface area contributed by atoms with Gasteiger partial charge in [0.25, 0.3) is 0 Å². The second kappa shape index (κ2) is 7.34. The fraction of sp³-hybridized carbons (Fsp3) is 0.188. The molecule has 0 radical (unpaired) electrons. The van der Waals surface area contributed by atoms with Crippen molar-refractivity contribution in [3.8, 4) is 0 Å². The predicted octanol–water partition coefficient (Wildman–Crippen LogP) is 2.16. The molecule has 122 valence electrons. The van der Waals surface area contributed by atoms with E-state index in [1.807, 2.05) is 6.07 Å². The molecule has 0 bridgehead atoms. The minimum Gasteiger partial charge on any atom is -0.460 e. The van der Waals surface area contributed by atoms with Gasteiger partial charge in [-0.2, -0.15) is 4.72 Å². The largest absolute Gasteiger partial charge is 0.460 e. The molecule has 0 saturated heterocycles. The summed E-state index contributed by atoms with van der Waals surface area (Å²) >= 11 is 0. The average molecular weight is 337 g/mol. The molecule has 7 heteroatoms. The van der Waals surface area contributed by atoms with Crippen LogP contribution in [0, 0.1) is 12.7 Å². The zero-order valence-electron chi connectivity index (χ0n) is 12.5. The van der Waals surface area contributed by atoms with Crippen LogP contribution < -0.4 is 4.72 Å². The van der Waals surface area contributed by atoms with Crippen molar-refractivity contribution in [3.63, 3.8) is 0 Å². The van der Waals surface area contributed by atoms with E-state index in [2.05, 4.69) is 4.72 Å². The summed E-state index contributed by atoms with van der Waals surface area (Å²) in [6.45, 7) is 1.08. The molecule has 0 saturated carbocycles. The second-order valence-corrected chi connectivity index (χ2v) is 6.62. The first-order valence-corrected chi connectivity index (χ1v) is 8.32. The molecule has 2 aromatic carbocycles. The fourth-order valence-electron chi connectivity index (χ4n) is 1.88. The molecule has 0 atom stereocenters. The average Bonchev–Trinajstić information content (AvgIpc) is 2.54. The molecule has 0 aromatic heterocycles. The number of nitrogens with one attached hydrogen (secondary N) is 1. The summed E-state index contributed by atoms with van der Waals surface area (Å²) in [5, 5.41) is 0. The Kier molecular flexibility index (Phi) is 5.46. The van der Waals surface area contributed by atoms with Crippen LogP contribution in [0.15, 0.2) is 53.4 Å². The highest BCUT2D eigenvalue weighted by Crippen LogP contribution is 2.16. The van der Waals surface area contributed by atoms with Gasteiger partial charge in [-0.15, -0.1) is 0 Å². The van der Waals surface area contributed by atoms with E-state index in [1.165, 1.54) is 12.1 Å². The monoisotopic (exact) mass is 337 g/mol. The van der Waals surface area contributed by atoms with Crippen molar-refractivity contribution in [3.05, 3.63) is 65.5 Å². The van der Waals surface area contributed by atoms with Gasteiger partial charge >= 0.3 is 5.97 Å². The van der Waals surface area contributed by atoms with Crippen LogP contribution in [0.4, 0.5) is 4.39 Å². The van der Waals surface area contributed by atoms with E-state index in [0.29, 0.717) is 5.56 Å². The number of carbonyl (C=O) groups excluding carboxylic acids is 1. The minimum absolute atomic E-state index is 0.0559. The summed E-state index contributed by atoms with van der Waals surface area (Å²) in [6, 6.07) is 12.5. The number of aryl methyl sites for hydroxylation is 1. The number of halogens is 1. The van der Waals surface area contributed by atoms with E-state index in [1.54, 1.807) is 31.2 Å². The van der Waals surface area contributed by atoms with Crippen LogP contribution in [-0.4, -0.2) is 20.9 Å². The van der Waals surface area contributed by atoms with Gasteiger partial charge in [0.2, 0.25) is 10.0 Å². The zero-order chi connectivity index (χ0) is 16.9. The predicted molar refractivity (Wildman–Crippen MR) is 82.6 cm³/mol. The third kappa shape index (κ3) is 4.87. The van der Waals surface area contributed by atoms with Crippen LogP contribution in [0.2, 0.25) is 0 Å². The third-order valence-corrected chi connectivity index (χ3v) is 4.63. The molecule has 1 N–H and O–H groups in total. The normalized spacial score (nSPS) is 11.2. The first-order chi connectivity index (χ1) is 10.9. The third-order valence-electron chi connectivity index (χ3n) is 3.09. The minimum atomic E-state index is -3.98. The summed E-state index contributed by atoms with van der Waals surface area (Å²) in [7, 11) is -3.98. The molecule has 2 aromatic rings. The number of hydrogen-bond donors (Lipinski definition) is 1. The van der Waals surface area contributed by atoms with Crippen LogP contribution in [0.3, 0.4) is 0 Å². The van der Waals surface area contributed by atoms with Crippen molar-refractivity contribution >= 4 is 16.0 Å². The molecule has 2 rings (SSSR count). The Balaban J connectivity index is 1.94. The molecule has 0 fully saturated rings. The standard InChI is InChI=1S/C16H16FNO4S/c1-12-7-8-14(17)9-15(12)23(20,21)18-10-16(19)22-11-13-5-3-2-4-6-13/h2-9,18H,10-11H2,1H3. The van der Waals surface area contributed by atoms with Crippen molar-refractivity contribution in [2.45, 2.75) is 18.4 Å². The van der Waals surface area contributed by atoms with Gasteiger partial charge in [0.1, 0.15) is 19.0 Å². The summed E-state index contributed by atoms with van der Waals surface area (Å²) in [5.74, 6) is -1.38. The van der Waals surface area contributed by atoms with Crippen molar-refractivity contribution in [1.82, 2.24) is 4.72 Å². The molecule has 0 heterocycles. The first-order valence-electron chi connectivity index (χ1n) is 6.84. The molecule has 0 aliphatic carbocycles. The van der Waals surface area contributed by atoms with Crippen molar-refractivity contribution in [2.75, 3.05) is 6.54 Å². The molecular formula is C16H16FNO4S. The Labute approximate surface area is 134 Å². The molecule has 5 nitrogen and oxygen atoms in total. The van der Waals surface area contributed by atoms with E-state index >= 15 is 0 Å². The Hall–Kier alpha value is -2.25. The van der Waals surface area contributed by atoms with E-state index in [0.717, 1.165) is 11.6 Å². The number of rotatable bonds is 6. The van der Waals surface area contributed by atoms with Gasteiger partial charge in [-0.25, -0.2) is 12.8 Å². The van der Waals surface area contributed by atoms with Crippen molar-refractivity contribution in [2.24, 2.45) is 0 Å². The van der Waals surface area contributed by atoms with E-state index in [9.17, 15) is 17.6 Å². The van der Waals surface area contributed by atoms with Crippen molar-refractivity contribution < 1.29 is 22.3 Å². The highest BCUT2D eigenvalue weighted by atomic mass is 32.2. The Morgan fingerprint density at radius 3 is 2.57 bits per heavy atom. The number of ether oxygens (including phenoxy) is 1. The van der Waals surface area contributed by atoms with E-state index in [-0.39, 0.29) is 11.5 Å². The van der Waals surface area contributed by atoms with Crippen LogP contribution in [-0.2, 0) is 26.2 Å². The van der Waals surface area contributed by atoms with Crippen LogP contribution >= 0.6 is 0 Å². The second-order valence-electron chi connectivity index (χ2n) is 4.88. The summed E-state index contributed by atoms with van der Waals surface area (Å²) in [4.78, 5) is 11.4. The fourth-order valence-corrected chi connectivity index (χ4v) is 3.11. The van der Waals surface area contributed by atoms with E-state index < -0.39 is 28.4 Å². The molecule has 23 heavy (non-hydrogen) atoms. The van der Waals surface area contributed by atoms with Gasteiger partial charge in [-0.05, 0) is 30.2 Å². The Morgan fingerprint density at radius 2 is 1.87 bits per heavy atom. The van der Waals surface area contributed by atoms with Gasteiger partial charge in [-0.3, -0.25) is 4.79 Å².